The molecule has 1 aliphatic rings. The van der Waals surface area contributed by atoms with Gasteiger partial charge in [-0.3, -0.25) is 23.6 Å². The Morgan fingerprint density at radius 2 is 1.72 bits per heavy atom. The molecule has 2 amide bonds. The average Bonchev–Trinajstić information content (AvgIpc) is 2.97. The van der Waals surface area contributed by atoms with Crippen molar-refractivity contribution < 1.29 is 22.8 Å². The summed E-state index contributed by atoms with van der Waals surface area (Å²) in [5.41, 5.74) is 2.84. The van der Waals surface area contributed by atoms with E-state index in [2.05, 4.69) is 0 Å². The third kappa shape index (κ3) is 4.22. The number of aryl methyl sites for hydroxylation is 2. The number of hydrogen-bond acceptors (Lipinski definition) is 5. The Morgan fingerprint density at radius 3 is 2.31 bits per heavy atom. The number of nitrogens with zero attached hydrogens (tertiary/aromatic N) is 2. The van der Waals surface area contributed by atoms with Crippen molar-refractivity contribution >= 4 is 33.3 Å². The smallest absolute Gasteiger partial charge is 0.288 e. The molecule has 0 spiro atoms. The number of Topliss-reactive ketones (excluding diaryl/α,β-unsaturated/α-hetero) is 1. The van der Waals surface area contributed by atoms with Gasteiger partial charge in [0.2, 0.25) is 21.7 Å². The number of ketones is 1. The molecule has 2 aromatic carbocycles. The van der Waals surface area contributed by atoms with Gasteiger partial charge in [0.1, 0.15) is 6.54 Å². The van der Waals surface area contributed by atoms with Gasteiger partial charge in [0.15, 0.2) is 0 Å². The van der Waals surface area contributed by atoms with Gasteiger partial charge in [0.05, 0.1) is 17.9 Å². The topological polar surface area (TPSA) is 91.8 Å². The quantitative estimate of drug-likeness (QED) is 0.696. The standard InChI is InChI=1S/C21H22N2O5S/c1-14-9-10-17(11-15(14)2)23(29(3,27)28)13-19(24)22-12-18(20(25)21(22)26)16-7-5-4-6-8-16/h4-11,18H,12-13H2,1-3H3/t18-/m1/s1. The van der Waals surface area contributed by atoms with Gasteiger partial charge in [-0.2, -0.15) is 0 Å². The van der Waals surface area contributed by atoms with E-state index in [0.717, 1.165) is 26.6 Å². The monoisotopic (exact) mass is 414 g/mol. The zero-order valence-corrected chi connectivity index (χ0v) is 17.3. The Bertz CT molecular complexity index is 1080. The van der Waals surface area contributed by atoms with Crippen LogP contribution in [0.5, 0.6) is 0 Å². The lowest BCUT2D eigenvalue weighted by atomic mass is 9.97. The van der Waals surface area contributed by atoms with E-state index in [4.69, 9.17) is 0 Å². The summed E-state index contributed by atoms with van der Waals surface area (Å²) in [5.74, 6) is -3.04. The van der Waals surface area contributed by atoms with Gasteiger partial charge in [-0.05, 0) is 42.7 Å². The van der Waals surface area contributed by atoms with Crippen molar-refractivity contribution in [1.82, 2.24) is 4.90 Å². The molecule has 7 nitrogen and oxygen atoms in total. The molecular weight excluding hydrogens is 392 g/mol. The van der Waals surface area contributed by atoms with Crippen LogP contribution in [0.15, 0.2) is 48.5 Å². The normalized spacial score (nSPS) is 16.9. The number of rotatable bonds is 5. The molecule has 1 atom stereocenters. The number of anilines is 1. The van der Waals surface area contributed by atoms with Gasteiger partial charge in [-0.1, -0.05) is 36.4 Å². The SMILES string of the molecule is Cc1ccc(N(CC(=O)N2C[C@H](c3ccccc3)C(=O)C2=O)S(C)(=O)=O)cc1C. The van der Waals surface area contributed by atoms with Crippen LogP contribution in [0.2, 0.25) is 0 Å². The molecule has 1 saturated heterocycles. The van der Waals surface area contributed by atoms with E-state index in [0.29, 0.717) is 11.3 Å². The summed E-state index contributed by atoms with van der Waals surface area (Å²) >= 11 is 0. The van der Waals surface area contributed by atoms with E-state index in [9.17, 15) is 22.8 Å². The number of imide groups is 1. The number of hydrogen-bond donors (Lipinski definition) is 0. The molecule has 29 heavy (non-hydrogen) atoms. The number of amides is 2. The first-order chi connectivity index (χ1) is 13.6. The molecule has 8 heteroatoms. The minimum atomic E-state index is -3.78. The van der Waals surface area contributed by atoms with Crippen LogP contribution < -0.4 is 4.31 Å². The second kappa shape index (κ2) is 7.79. The Labute approximate surface area is 170 Å². The predicted molar refractivity (Wildman–Crippen MR) is 109 cm³/mol. The summed E-state index contributed by atoms with van der Waals surface area (Å²) in [6.45, 7) is 3.09. The van der Waals surface area contributed by atoms with Crippen molar-refractivity contribution in [2.24, 2.45) is 0 Å². The summed E-state index contributed by atoms with van der Waals surface area (Å²) in [6, 6.07) is 13.8. The number of benzene rings is 2. The van der Waals surface area contributed by atoms with Crippen molar-refractivity contribution in [2.45, 2.75) is 19.8 Å². The molecule has 0 radical (unpaired) electrons. The second-order valence-corrected chi connectivity index (χ2v) is 9.08. The fraction of sp³-hybridized carbons (Fsp3) is 0.286. The first-order valence-electron chi connectivity index (χ1n) is 9.08. The van der Waals surface area contributed by atoms with Crippen molar-refractivity contribution in [1.29, 1.82) is 0 Å². The van der Waals surface area contributed by atoms with Gasteiger partial charge in [0.25, 0.3) is 5.91 Å². The van der Waals surface area contributed by atoms with E-state index >= 15 is 0 Å². The predicted octanol–water partition coefficient (Wildman–Crippen LogP) is 1.79. The van der Waals surface area contributed by atoms with Gasteiger partial charge >= 0.3 is 0 Å². The van der Waals surface area contributed by atoms with Crippen LogP contribution >= 0.6 is 0 Å². The van der Waals surface area contributed by atoms with Crippen molar-refractivity contribution in [3.05, 3.63) is 65.2 Å². The Morgan fingerprint density at radius 1 is 1.07 bits per heavy atom. The van der Waals surface area contributed by atoms with Gasteiger partial charge < -0.3 is 0 Å². The van der Waals surface area contributed by atoms with E-state index in [1.54, 1.807) is 48.5 Å². The van der Waals surface area contributed by atoms with Crippen LogP contribution in [0.25, 0.3) is 0 Å². The fourth-order valence-corrected chi connectivity index (χ4v) is 4.12. The Hall–Kier alpha value is -3.00. The van der Waals surface area contributed by atoms with Crippen LogP contribution in [0.1, 0.15) is 22.6 Å². The van der Waals surface area contributed by atoms with Gasteiger partial charge in [-0.25, -0.2) is 8.42 Å². The van der Waals surface area contributed by atoms with Crippen LogP contribution in [0, 0.1) is 13.8 Å². The molecule has 152 valence electrons. The molecule has 0 bridgehead atoms. The molecule has 0 N–H and O–H groups in total. The minimum absolute atomic E-state index is 0.0922. The maximum Gasteiger partial charge on any atom is 0.297 e. The van der Waals surface area contributed by atoms with E-state index < -0.39 is 40.1 Å². The highest BCUT2D eigenvalue weighted by Gasteiger charge is 2.43. The number of sulfonamides is 1. The maximum absolute atomic E-state index is 12.8. The van der Waals surface area contributed by atoms with Crippen molar-refractivity contribution in [2.75, 3.05) is 23.7 Å². The zero-order chi connectivity index (χ0) is 21.3. The number of carbonyl (C=O) groups is 3. The fourth-order valence-electron chi connectivity index (χ4n) is 3.28. The summed E-state index contributed by atoms with van der Waals surface area (Å²) in [7, 11) is -3.78. The van der Waals surface area contributed by atoms with Crippen molar-refractivity contribution in [3.8, 4) is 0 Å². The molecule has 0 saturated carbocycles. The largest absolute Gasteiger partial charge is 0.297 e. The molecule has 0 aromatic heterocycles. The molecule has 3 rings (SSSR count). The second-order valence-electron chi connectivity index (χ2n) is 7.18. The first kappa shape index (κ1) is 20.7. The van der Waals surface area contributed by atoms with Crippen LogP contribution in [0.3, 0.4) is 0 Å². The molecule has 1 heterocycles. The van der Waals surface area contributed by atoms with E-state index in [1.807, 2.05) is 13.8 Å². The highest BCUT2D eigenvalue weighted by molar-refractivity contribution is 7.92. The summed E-state index contributed by atoms with van der Waals surface area (Å²) in [6.07, 6.45) is 0.999. The lowest BCUT2D eigenvalue weighted by Crippen LogP contribution is -2.44. The molecule has 1 aliphatic heterocycles. The number of likely N-dealkylation sites (tertiary alicyclic amines) is 1. The van der Waals surface area contributed by atoms with Crippen LogP contribution in [-0.4, -0.2) is 50.3 Å². The lowest BCUT2D eigenvalue weighted by molar-refractivity contribution is -0.146. The van der Waals surface area contributed by atoms with Gasteiger partial charge in [0, 0.05) is 6.54 Å². The van der Waals surface area contributed by atoms with Crippen molar-refractivity contribution in [3.63, 3.8) is 0 Å². The number of carbonyl (C=O) groups excluding carboxylic acids is 3. The lowest BCUT2D eigenvalue weighted by Gasteiger charge is -2.24. The first-order valence-corrected chi connectivity index (χ1v) is 10.9. The molecule has 0 aliphatic carbocycles. The summed E-state index contributed by atoms with van der Waals surface area (Å²) < 4.78 is 25.6. The van der Waals surface area contributed by atoms with Gasteiger partial charge in [-0.15, -0.1) is 0 Å². The Balaban J connectivity index is 1.86. The zero-order valence-electron chi connectivity index (χ0n) is 16.5. The average molecular weight is 414 g/mol. The molecule has 2 aromatic rings. The molecule has 0 unspecified atom stereocenters. The Kier molecular flexibility index (Phi) is 5.57. The van der Waals surface area contributed by atoms with E-state index in [1.165, 1.54) is 0 Å². The molecule has 1 fully saturated rings. The summed E-state index contributed by atoms with van der Waals surface area (Å²) in [4.78, 5) is 38.4. The van der Waals surface area contributed by atoms with Crippen LogP contribution in [-0.2, 0) is 24.4 Å². The highest BCUT2D eigenvalue weighted by Crippen LogP contribution is 2.26. The third-order valence-electron chi connectivity index (χ3n) is 5.10. The third-order valence-corrected chi connectivity index (χ3v) is 6.24. The summed E-state index contributed by atoms with van der Waals surface area (Å²) in [5, 5.41) is 0. The highest BCUT2D eigenvalue weighted by atomic mass is 32.2. The minimum Gasteiger partial charge on any atom is -0.288 e. The van der Waals surface area contributed by atoms with E-state index in [-0.39, 0.29) is 6.54 Å². The molecular formula is C21H22N2O5S. The van der Waals surface area contributed by atoms with Crippen LogP contribution in [0.4, 0.5) is 5.69 Å². The maximum atomic E-state index is 12.8.